The monoisotopic (exact) mass is 363 g/mol. The summed E-state index contributed by atoms with van der Waals surface area (Å²) in [6, 6.07) is -0.586. The summed E-state index contributed by atoms with van der Waals surface area (Å²) < 4.78 is 5.03. The minimum absolute atomic E-state index is 0.260. The Morgan fingerprint density at radius 2 is 1.89 bits per heavy atom. The third-order valence-electron chi connectivity index (χ3n) is 4.69. The van der Waals surface area contributed by atoms with Crippen LogP contribution in [0.5, 0.6) is 5.88 Å². The molecule has 0 radical (unpaired) electrons. The van der Waals surface area contributed by atoms with E-state index in [1.807, 2.05) is 6.08 Å². The van der Waals surface area contributed by atoms with Gasteiger partial charge in [-0.15, -0.1) is 0 Å². The number of allylic oxidation sites excluding steroid dienone is 1. The van der Waals surface area contributed by atoms with Crippen molar-refractivity contribution in [1.29, 1.82) is 0 Å². The Hall–Kier alpha value is -3.42. The molecule has 2 amide bonds. The second-order valence-corrected chi connectivity index (χ2v) is 6.22. The number of aromatic nitrogens is 4. The van der Waals surface area contributed by atoms with Crippen molar-refractivity contribution in [2.75, 3.05) is 7.11 Å². The molecular weight excluding hydrogens is 346 g/mol. The molecule has 27 heavy (non-hydrogen) atoms. The molecule has 0 spiro atoms. The van der Waals surface area contributed by atoms with Crippen LogP contribution in [0.15, 0.2) is 48.1 Å². The zero-order valence-corrected chi connectivity index (χ0v) is 14.9. The highest BCUT2D eigenvalue weighted by Gasteiger charge is 2.41. The minimum Gasteiger partial charge on any atom is -0.480 e. The van der Waals surface area contributed by atoms with Gasteiger partial charge in [0.05, 0.1) is 31.2 Å². The summed E-state index contributed by atoms with van der Waals surface area (Å²) in [7, 11) is 1.51. The van der Waals surface area contributed by atoms with Crippen molar-refractivity contribution in [3.63, 3.8) is 0 Å². The van der Waals surface area contributed by atoms with Gasteiger partial charge in [-0.1, -0.05) is 12.2 Å². The quantitative estimate of drug-likeness (QED) is 0.766. The minimum atomic E-state index is -0.586. The van der Waals surface area contributed by atoms with E-state index < -0.39 is 6.04 Å². The van der Waals surface area contributed by atoms with E-state index in [4.69, 9.17) is 4.74 Å². The third kappa shape index (κ3) is 2.79. The Morgan fingerprint density at radius 3 is 2.59 bits per heavy atom. The average molecular weight is 363 g/mol. The average Bonchev–Trinajstić information content (AvgIpc) is 2.98. The van der Waals surface area contributed by atoms with Gasteiger partial charge in [0.15, 0.2) is 0 Å². The van der Waals surface area contributed by atoms with E-state index in [0.717, 1.165) is 6.42 Å². The number of rotatable bonds is 4. The molecule has 1 unspecified atom stereocenters. The molecule has 0 fully saturated rings. The molecule has 0 aromatic carbocycles. The largest absolute Gasteiger partial charge is 0.480 e. The van der Waals surface area contributed by atoms with Gasteiger partial charge in [-0.25, -0.2) is 9.97 Å². The number of carbonyl (C=O) groups is 2. The highest BCUT2D eigenvalue weighted by molar-refractivity contribution is 6.21. The van der Waals surface area contributed by atoms with Crippen molar-refractivity contribution in [2.45, 2.75) is 25.8 Å². The van der Waals surface area contributed by atoms with Crippen molar-refractivity contribution in [2.24, 2.45) is 0 Å². The maximum absolute atomic E-state index is 12.8. The molecule has 0 bridgehead atoms. The number of hydrogen-bond donors (Lipinski definition) is 0. The summed E-state index contributed by atoms with van der Waals surface area (Å²) in [4.78, 5) is 44.1. The predicted octanol–water partition coefficient (Wildman–Crippen LogP) is 2.02. The van der Waals surface area contributed by atoms with Crippen LogP contribution in [0.4, 0.5) is 0 Å². The van der Waals surface area contributed by atoms with Gasteiger partial charge < -0.3 is 4.74 Å². The first kappa shape index (κ1) is 17.0. The molecule has 1 aliphatic carbocycles. The van der Waals surface area contributed by atoms with E-state index in [1.165, 1.54) is 36.8 Å². The van der Waals surface area contributed by atoms with Crippen molar-refractivity contribution in [1.82, 2.24) is 24.8 Å². The number of carbonyl (C=O) groups excluding carboxylic acids is 2. The molecular formula is C19H17N5O3. The van der Waals surface area contributed by atoms with Gasteiger partial charge in [0.2, 0.25) is 5.88 Å². The van der Waals surface area contributed by atoms with Crippen LogP contribution >= 0.6 is 0 Å². The molecule has 0 saturated carbocycles. The standard InChI is InChI=1S/C19H17N5O3/c1-11(24-18(25)12-5-3-4-6-13(12)19(24)26)16-17(21-8-7-20-16)14-9-23-15(27-2)10-22-14/h3,5,7-11H,4,6H2,1-2H3. The van der Waals surface area contributed by atoms with E-state index in [9.17, 15) is 9.59 Å². The summed E-state index contributed by atoms with van der Waals surface area (Å²) >= 11 is 0. The number of imide groups is 1. The maximum atomic E-state index is 12.8. The second-order valence-electron chi connectivity index (χ2n) is 6.22. The van der Waals surface area contributed by atoms with E-state index in [1.54, 1.807) is 13.0 Å². The first-order valence-electron chi connectivity index (χ1n) is 8.56. The van der Waals surface area contributed by atoms with Crippen LogP contribution in [0.25, 0.3) is 11.4 Å². The Balaban J connectivity index is 1.71. The van der Waals surface area contributed by atoms with Crippen molar-refractivity contribution in [3.05, 3.63) is 53.8 Å². The van der Waals surface area contributed by atoms with Crippen LogP contribution in [0.3, 0.4) is 0 Å². The van der Waals surface area contributed by atoms with Crippen molar-refractivity contribution < 1.29 is 14.3 Å². The molecule has 2 aromatic heterocycles. The fraction of sp³-hybridized carbons (Fsp3) is 0.263. The molecule has 4 rings (SSSR count). The Kier molecular flexibility index (Phi) is 4.23. The fourth-order valence-corrected chi connectivity index (χ4v) is 3.32. The number of amides is 2. The molecule has 0 saturated heterocycles. The van der Waals surface area contributed by atoms with Gasteiger partial charge in [-0.2, -0.15) is 0 Å². The summed E-state index contributed by atoms with van der Waals surface area (Å²) in [6.07, 6.45) is 11.1. The van der Waals surface area contributed by atoms with E-state index in [0.29, 0.717) is 40.5 Å². The van der Waals surface area contributed by atoms with E-state index in [2.05, 4.69) is 19.9 Å². The van der Waals surface area contributed by atoms with Crippen LogP contribution in [0, 0.1) is 0 Å². The topological polar surface area (TPSA) is 98.2 Å². The van der Waals surface area contributed by atoms with Crippen molar-refractivity contribution >= 4 is 11.8 Å². The van der Waals surface area contributed by atoms with E-state index >= 15 is 0 Å². The Morgan fingerprint density at radius 1 is 1.07 bits per heavy atom. The molecule has 136 valence electrons. The first-order valence-corrected chi connectivity index (χ1v) is 8.56. The van der Waals surface area contributed by atoms with Gasteiger partial charge in [0.25, 0.3) is 11.8 Å². The zero-order valence-electron chi connectivity index (χ0n) is 14.9. The zero-order chi connectivity index (χ0) is 19.0. The second kappa shape index (κ2) is 6.71. The summed E-state index contributed by atoms with van der Waals surface area (Å²) in [5, 5.41) is 0. The Labute approximate surface area is 155 Å². The van der Waals surface area contributed by atoms with Crippen LogP contribution < -0.4 is 4.74 Å². The molecule has 8 heteroatoms. The summed E-state index contributed by atoms with van der Waals surface area (Å²) in [5.74, 6) is -0.175. The number of methoxy groups -OCH3 is 1. The number of hydrogen-bond acceptors (Lipinski definition) is 7. The third-order valence-corrected chi connectivity index (χ3v) is 4.69. The lowest BCUT2D eigenvalue weighted by molar-refractivity contribution is -0.140. The van der Waals surface area contributed by atoms with Gasteiger partial charge in [-0.3, -0.25) is 24.5 Å². The Bertz CT molecular complexity index is 981. The smallest absolute Gasteiger partial charge is 0.261 e. The molecule has 2 aromatic rings. The molecule has 8 nitrogen and oxygen atoms in total. The highest BCUT2D eigenvalue weighted by Crippen LogP contribution is 2.36. The van der Waals surface area contributed by atoms with Crippen LogP contribution in [-0.2, 0) is 9.59 Å². The van der Waals surface area contributed by atoms with Crippen LogP contribution in [-0.4, -0.2) is 43.8 Å². The molecule has 3 heterocycles. The lowest BCUT2D eigenvalue weighted by atomic mass is 10.00. The molecule has 1 atom stereocenters. The van der Waals surface area contributed by atoms with Gasteiger partial charge in [-0.05, 0) is 19.8 Å². The molecule has 1 aliphatic heterocycles. The van der Waals surface area contributed by atoms with Gasteiger partial charge >= 0.3 is 0 Å². The normalized spacial score (nSPS) is 17.3. The predicted molar refractivity (Wildman–Crippen MR) is 95.3 cm³/mol. The van der Waals surface area contributed by atoms with Crippen LogP contribution in [0.1, 0.15) is 31.5 Å². The highest BCUT2D eigenvalue weighted by atomic mass is 16.5. The van der Waals surface area contributed by atoms with E-state index in [-0.39, 0.29) is 11.8 Å². The fourth-order valence-electron chi connectivity index (χ4n) is 3.32. The number of ether oxygens (including phenoxy) is 1. The SMILES string of the molecule is COc1cnc(-c2nccnc2C(C)N2C(=O)C3=C(CCC=C3)C2=O)cn1. The lowest BCUT2D eigenvalue weighted by Gasteiger charge is -2.24. The van der Waals surface area contributed by atoms with Gasteiger partial charge in [0.1, 0.15) is 11.4 Å². The van der Waals surface area contributed by atoms with Crippen LogP contribution in [0.2, 0.25) is 0 Å². The summed E-state index contributed by atoms with van der Waals surface area (Å²) in [6.45, 7) is 1.77. The first-order chi connectivity index (χ1) is 13.1. The molecule has 0 N–H and O–H groups in total. The molecule has 2 aliphatic rings. The van der Waals surface area contributed by atoms with Crippen molar-refractivity contribution in [3.8, 4) is 17.3 Å². The maximum Gasteiger partial charge on any atom is 0.261 e. The van der Waals surface area contributed by atoms with Gasteiger partial charge in [0, 0.05) is 23.5 Å². The lowest BCUT2D eigenvalue weighted by Crippen LogP contribution is -2.35. The summed E-state index contributed by atoms with van der Waals surface area (Å²) in [5.41, 5.74) is 2.50. The number of nitrogens with zero attached hydrogens (tertiary/aromatic N) is 5.